The van der Waals surface area contributed by atoms with E-state index in [1.807, 2.05) is 13.2 Å². The molecule has 0 aliphatic carbocycles. The molecule has 2 aliphatic rings. The quantitative estimate of drug-likeness (QED) is 0.513. The minimum atomic E-state index is 0.543. The summed E-state index contributed by atoms with van der Waals surface area (Å²) >= 11 is 0. The highest BCUT2D eigenvalue weighted by atomic mass is 15.3. The Morgan fingerprint density at radius 3 is 2.39 bits per heavy atom. The molecule has 7 heteroatoms. The highest BCUT2D eigenvalue weighted by molar-refractivity contribution is 5.79. The normalized spacial score (nSPS) is 20.5. The van der Waals surface area contributed by atoms with Crippen molar-refractivity contribution in [1.82, 2.24) is 25.4 Å². The molecule has 3 rings (SSSR count). The number of likely N-dealkylation sites (N-methyl/N-ethyl adjacent to an activating group) is 1. The minimum absolute atomic E-state index is 0.543. The van der Waals surface area contributed by atoms with Crippen LogP contribution in [-0.4, -0.2) is 86.7 Å². The highest BCUT2D eigenvalue weighted by Crippen LogP contribution is 2.17. The average Bonchev–Trinajstić information content (AvgIpc) is 3.06. The van der Waals surface area contributed by atoms with Crippen molar-refractivity contribution in [3.05, 3.63) is 23.9 Å². The van der Waals surface area contributed by atoms with E-state index in [0.29, 0.717) is 12.0 Å². The van der Waals surface area contributed by atoms with E-state index in [9.17, 15) is 0 Å². The molecule has 0 amide bonds. The Morgan fingerprint density at radius 1 is 1.03 bits per heavy atom. The van der Waals surface area contributed by atoms with Crippen molar-refractivity contribution < 1.29 is 0 Å². The molecule has 2 aliphatic heterocycles. The molecule has 0 aromatic carbocycles. The van der Waals surface area contributed by atoms with Crippen LogP contribution in [0, 0.1) is 5.92 Å². The average molecular weight is 430 g/mol. The molecule has 31 heavy (non-hydrogen) atoms. The van der Waals surface area contributed by atoms with Crippen LogP contribution < -0.4 is 15.5 Å². The maximum Gasteiger partial charge on any atom is 0.191 e. The van der Waals surface area contributed by atoms with Gasteiger partial charge in [-0.2, -0.15) is 0 Å². The first kappa shape index (κ1) is 23.8. The highest BCUT2D eigenvalue weighted by Gasteiger charge is 2.23. The van der Waals surface area contributed by atoms with Gasteiger partial charge in [-0.3, -0.25) is 9.89 Å². The van der Waals surface area contributed by atoms with Gasteiger partial charge in [0, 0.05) is 58.6 Å². The van der Waals surface area contributed by atoms with E-state index in [4.69, 9.17) is 0 Å². The Kier molecular flexibility index (Phi) is 9.40. The molecule has 1 unspecified atom stereocenters. The van der Waals surface area contributed by atoms with Gasteiger partial charge in [0.1, 0.15) is 5.82 Å². The molecule has 0 radical (unpaired) electrons. The van der Waals surface area contributed by atoms with Crippen LogP contribution in [0.5, 0.6) is 0 Å². The van der Waals surface area contributed by atoms with Crippen molar-refractivity contribution in [2.75, 3.05) is 64.8 Å². The van der Waals surface area contributed by atoms with Crippen molar-refractivity contribution in [3.63, 3.8) is 0 Å². The first-order chi connectivity index (χ1) is 15.1. The summed E-state index contributed by atoms with van der Waals surface area (Å²) in [6.07, 6.45) is 7.33. The van der Waals surface area contributed by atoms with Gasteiger partial charge in [-0.25, -0.2) is 4.98 Å². The van der Waals surface area contributed by atoms with Gasteiger partial charge in [0.05, 0.1) is 0 Å². The Bertz CT molecular complexity index is 674. The molecule has 0 saturated carbocycles. The predicted octanol–water partition coefficient (Wildman–Crippen LogP) is 2.40. The second-order valence-electron chi connectivity index (χ2n) is 9.38. The Hall–Kier alpha value is -1.86. The number of hydrogen-bond donors (Lipinski definition) is 2. The molecule has 2 fully saturated rings. The predicted molar refractivity (Wildman–Crippen MR) is 131 cm³/mol. The second kappa shape index (κ2) is 12.2. The molecule has 174 valence electrons. The number of nitrogens with zero attached hydrogens (tertiary/aromatic N) is 5. The summed E-state index contributed by atoms with van der Waals surface area (Å²) in [6.45, 7) is 13.1. The first-order valence-corrected chi connectivity index (χ1v) is 12.1. The van der Waals surface area contributed by atoms with Crippen LogP contribution in [0.2, 0.25) is 0 Å². The number of anilines is 1. The fourth-order valence-corrected chi connectivity index (χ4v) is 4.60. The third-order valence-electron chi connectivity index (χ3n) is 6.68. The lowest BCUT2D eigenvalue weighted by atomic mass is 10.0. The number of piperazine rings is 1. The molecule has 0 spiro atoms. The smallest absolute Gasteiger partial charge is 0.191 e. The van der Waals surface area contributed by atoms with Crippen molar-refractivity contribution in [1.29, 1.82) is 0 Å². The topological polar surface area (TPSA) is 59.0 Å². The molecule has 7 nitrogen and oxygen atoms in total. The van der Waals surface area contributed by atoms with Crippen LogP contribution in [0.25, 0.3) is 0 Å². The lowest BCUT2D eigenvalue weighted by Gasteiger charge is -2.34. The van der Waals surface area contributed by atoms with Crippen LogP contribution in [0.3, 0.4) is 0 Å². The molecule has 1 atom stereocenters. The van der Waals surface area contributed by atoms with Crippen molar-refractivity contribution >= 4 is 11.8 Å². The summed E-state index contributed by atoms with van der Waals surface area (Å²) in [7, 11) is 4.04. The van der Waals surface area contributed by atoms with Gasteiger partial charge in [0.2, 0.25) is 0 Å². The summed E-state index contributed by atoms with van der Waals surface area (Å²) in [6, 6.07) is 4.84. The maximum atomic E-state index is 4.60. The van der Waals surface area contributed by atoms with E-state index in [1.54, 1.807) is 0 Å². The third-order valence-corrected chi connectivity index (χ3v) is 6.68. The monoisotopic (exact) mass is 429 g/mol. The number of aliphatic imine (C=N–C) groups is 1. The Morgan fingerprint density at radius 2 is 1.74 bits per heavy atom. The third kappa shape index (κ3) is 7.35. The molecule has 3 heterocycles. The number of nitrogens with one attached hydrogen (secondary N) is 2. The maximum absolute atomic E-state index is 4.60. The van der Waals surface area contributed by atoms with Crippen LogP contribution >= 0.6 is 0 Å². The van der Waals surface area contributed by atoms with Gasteiger partial charge in [-0.05, 0) is 56.6 Å². The van der Waals surface area contributed by atoms with Crippen LogP contribution in [0.4, 0.5) is 5.82 Å². The second-order valence-corrected chi connectivity index (χ2v) is 9.38. The zero-order chi connectivity index (χ0) is 22.1. The first-order valence-electron chi connectivity index (χ1n) is 12.1. The van der Waals surface area contributed by atoms with Crippen molar-refractivity contribution in [2.45, 2.75) is 52.1 Å². The van der Waals surface area contributed by atoms with Crippen molar-refractivity contribution in [3.8, 4) is 0 Å². The van der Waals surface area contributed by atoms with Crippen molar-refractivity contribution in [2.24, 2.45) is 10.9 Å². The summed E-state index contributed by atoms with van der Waals surface area (Å²) in [4.78, 5) is 16.5. The van der Waals surface area contributed by atoms with E-state index in [2.05, 4.69) is 68.3 Å². The molecular weight excluding hydrogens is 386 g/mol. The Balaban J connectivity index is 1.51. The molecule has 0 bridgehead atoms. The molecular formula is C24H43N7. The minimum Gasteiger partial charge on any atom is -0.355 e. The summed E-state index contributed by atoms with van der Waals surface area (Å²) in [5, 5.41) is 7.09. The fourth-order valence-electron chi connectivity index (χ4n) is 4.60. The lowest BCUT2D eigenvalue weighted by Crippen LogP contribution is -2.49. The van der Waals surface area contributed by atoms with E-state index >= 15 is 0 Å². The summed E-state index contributed by atoms with van der Waals surface area (Å²) in [5.74, 6) is 2.57. The SMILES string of the molecule is CN=C(NCc1ccnc(N2CCN(C)CC2)c1)NCC(C(C)C)N1CCCCCC1. The van der Waals surface area contributed by atoms with Crippen LogP contribution in [0.15, 0.2) is 23.3 Å². The van der Waals surface area contributed by atoms with Crippen LogP contribution in [0.1, 0.15) is 45.1 Å². The summed E-state index contributed by atoms with van der Waals surface area (Å²) in [5.41, 5.74) is 1.24. The van der Waals surface area contributed by atoms with Gasteiger partial charge < -0.3 is 20.4 Å². The van der Waals surface area contributed by atoms with Gasteiger partial charge >= 0.3 is 0 Å². The zero-order valence-electron chi connectivity index (χ0n) is 20.1. The van der Waals surface area contributed by atoms with Gasteiger partial charge in [0.15, 0.2) is 5.96 Å². The molecule has 1 aromatic rings. The van der Waals surface area contributed by atoms with Crippen LogP contribution in [-0.2, 0) is 6.54 Å². The number of likely N-dealkylation sites (tertiary alicyclic amines) is 1. The van der Waals surface area contributed by atoms with Gasteiger partial charge in [0.25, 0.3) is 0 Å². The number of rotatable bonds is 7. The fraction of sp³-hybridized carbons (Fsp3) is 0.750. The Labute approximate surface area is 189 Å². The summed E-state index contributed by atoms with van der Waals surface area (Å²) < 4.78 is 0. The zero-order valence-corrected chi connectivity index (χ0v) is 20.1. The van der Waals surface area contributed by atoms with Gasteiger partial charge in [-0.1, -0.05) is 26.7 Å². The standard InChI is InChI=1S/C24H43N7/c1-20(2)22(30-11-7-5-6-8-12-30)19-28-24(25-3)27-18-21-9-10-26-23(17-21)31-15-13-29(4)14-16-31/h9-10,17,20,22H,5-8,11-16,18-19H2,1-4H3,(H2,25,27,28). The van der Waals surface area contributed by atoms with E-state index in [0.717, 1.165) is 51.0 Å². The van der Waals surface area contributed by atoms with E-state index < -0.39 is 0 Å². The number of pyridine rings is 1. The molecule has 2 saturated heterocycles. The van der Waals surface area contributed by atoms with Gasteiger partial charge in [-0.15, -0.1) is 0 Å². The van der Waals surface area contributed by atoms with E-state index in [1.165, 1.54) is 44.3 Å². The number of guanidine groups is 1. The molecule has 1 aromatic heterocycles. The molecule has 2 N–H and O–H groups in total. The lowest BCUT2D eigenvalue weighted by molar-refractivity contribution is 0.161. The number of hydrogen-bond acceptors (Lipinski definition) is 5. The number of aromatic nitrogens is 1. The largest absolute Gasteiger partial charge is 0.355 e. The van der Waals surface area contributed by atoms with E-state index in [-0.39, 0.29) is 0 Å².